The van der Waals surface area contributed by atoms with Crippen LogP contribution in [0.15, 0.2) is 58.3 Å². The fourth-order valence-corrected chi connectivity index (χ4v) is 4.55. The van der Waals surface area contributed by atoms with Crippen LogP contribution in [0.5, 0.6) is 0 Å². The Bertz CT molecular complexity index is 922. The lowest BCUT2D eigenvalue weighted by atomic mass is 10.00. The number of nitriles is 1. The topological polar surface area (TPSA) is 70.4 Å². The van der Waals surface area contributed by atoms with Gasteiger partial charge in [0.1, 0.15) is 6.07 Å². The van der Waals surface area contributed by atoms with Crippen molar-refractivity contribution in [3.05, 3.63) is 59.7 Å². The minimum atomic E-state index is -0.527. The number of likely N-dealkylation sites (tertiary alicyclic amines) is 1. The summed E-state index contributed by atoms with van der Waals surface area (Å²) in [5, 5.41) is 9.29. The summed E-state index contributed by atoms with van der Waals surface area (Å²) in [4.78, 5) is 28.6. The highest BCUT2D eigenvalue weighted by Crippen LogP contribution is 2.33. The zero-order valence-electron chi connectivity index (χ0n) is 16.5. The summed E-state index contributed by atoms with van der Waals surface area (Å²) in [7, 11) is 0. The molecule has 1 atom stereocenters. The highest BCUT2D eigenvalue weighted by Gasteiger charge is 2.26. The molecule has 1 amide bonds. The maximum Gasteiger partial charge on any atom is 0.339 e. The van der Waals surface area contributed by atoms with Crippen LogP contribution in [0.3, 0.4) is 0 Å². The van der Waals surface area contributed by atoms with Gasteiger partial charge < -0.3 is 9.64 Å². The Kier molecular flexibility index (Phi) is 7.31. The number of ether oxygens (including phenoxy) is 1. The highest BCUT2D eigenvalue weighted by molar-refractivity contribution is 7.99. The molecule has 6 heteroatoms. The van der Waals surface area contributed by atoms with Crippen molar-refractivity contribution in [1.29, 1.82) is 5.26 Å². The average molecular weight is 409 g/mol. The van der Waals surface area contributed by atoms with E-state index in [0.29, 0.717) is 16.0 Å². The third-order valence-electron chi connectivity index (χ3n) is 5.08. The molecule has 150 valence electrons. The third-order valence-corrected chi connectivity index (χ3v) is 6.23. The van der Waals surface area contributed by atoms with Crippen LogP contribution in [0.2, 0.25) is 0 Å². The fourth-order valence-electron chi connectivity index (χ4n) is 3.53. The number of carbonyl (C=O) groups is 2. The van der Waals surface area contributed by atoms with Crippen molar-refractivity contribution in [2.24, 2.45) is 0 Å². The van der Waals surface area contributed by atoms with Gasteiger partial charge in [-0.25, -0.2) is 4.79 Å². The number of nitrogens with zero attached hydrogens (tertiary/aromatic N) is 2. The van der Waals surface area contributed by atoms with E-state index >= 15 is 0 Å². The van der Waals surface area contributed by atoms with Gasteiger partial charge in [-0.2, -0.15) is 5.26 Å². The average Bonchev–Trinajstić information content (AvgIpc) is 2.78. The van der Waals surface area contributed by atoms with E-state index in [0.717, 1.165) is 37.1 Å². The van der Waals surface area contributed by atoms with Crippen LogP contribution < -0.4 is 0 Å². The molecule has 0 radical (unpaired) electrons. The summed E-state index contributed by atoms with van der Waals surface area (Å²) < 4.78 is 5.36. The van der Waals surface area contributed by atoms with Crippen molar-refractivity contribution in [3.8, 4) is 6.07 Å². The van der Waals surface area contributed by atoms with E-state index in [1.165, 1.54) is 11.8 Å². The normalized spacial score (nSPS) is 16.1. The number of piperidine rings is 1. The Morgan fingerprint density at radius 3 is 2.62 bits per heavy atom. The van der Waals surface area contributed by atoms with Gasteiger partial charge >= 0.3 is 5.97 Å². The first-order valence-electron chi connectivity index (χ1n) is 9.86. The molecule has 2 aromatic carbocycles. The zero-order valence-corrected chi connectivity index (χ0v) is 17.3. The van der Waals surface area contributed by atoms with Gasteiger partial charge in [-0.1, -0.05) is 43.0 Å². The second-order valence-electron chi connectivity index (χ2n) is 6.93. The maximum absolute atomic E-state index is 12.7. The smallest absolute Gasteiger partial charge is 0.339 e. The molecule has 3 rings (SSSR count). The lowest BCUT2D eigenvalue weighted by Crippen LogP contribution is -2.45. The van der Waals surface area contributed by atoms with Crippen LogP contribution in [0.1, 0.15) is 48.5 Å². The molecule has 1 aliphatic rings. The minimum absolute atomic E-state index is 0.134. The van der Waals surface area contributed by atoms with Crippen molar-refractivity contribution in [2.75, 3.05) is 13.2 Å². The summed E-state index contributed by atoms with van der Waals surface area (Å²) in [6.45, 7) is 2.56. The molecule has 0 bridgehead atoms. The van der Waals surface area contributed by atoms with Crippen LogP contribution >= 0.6 is 11.8 Å². The molecule has 1 heterocycles. The number of rotatable bonds is 6. The standard InChI is InChI=1S/C23H24N2O3S/c1-2-18-10-7-8-14-25(18)22(26)16-28-23(27)19-11-4-6-13-21(19)29-20-12-5-3-9-17(20)15-24/h3-6,9,11-13,18H,2,7-8,10,14,16H2,1H3. The molecule has 1 aliphatic heterocycles. The third kappa shape index (κ3) is 5.18. The van der Waals surface area contributed by atoms with E-state index in [9.17, 15) is 14.9 Å². The van der Waals surface area contributed by atoms with Crippen molar-refractivity contribution in [3.63, 3.8) is 0 Å². The zero-order chi connectivity index (χ0) is 20.6. The van der Waals surface area contributed by atoms with E-state index in [1.54, 1.807) is 24.3 Å². The van der Waals surface area contributed by atoms with Gasteiger partial charge in [0.2, 0.25) is 0 Å². The predicted octanol–water partition coefficient (Wildman–Crippen LogP) is 4.66. The van der Waals surface area contributed by atoms with Crippen LogP contribution in [0.4, 0.5) is 0 Å². The lowest BCUT2D eigenvalue weighted by molar-refractivity contribution is -0.138. The van der Waals surface area contributed by atoms with Crippen molar-refractivity contribution < 1.29 is 14.3 Å². The van der Waals surface area contributed by atoms with Gasteiger partial charge in [0.25, 0.3) is 5.91 Å². The quantitative estimate of drug-likeness (QED) is 0.650. The Hall–Kier alpha value is -2.78. The summed E-state index contributed by atoms with van der Waals surface area (Å²) in [5.41, 5.74) is 0.940. The molecule has 0 N–H and O–H groups in total. The molecule has 1 saturated heterocycles. The van der Waals surface area contributed by atoms with E-state index < -0.39 is 5.97 Å². The SMILES string of the molecule is CCC1CCCCN1C(=O)COC(=O)c1ccccc1Sc1ccccc1C#N. The van der Waals surface area contributed by atoms with E-state index in [4.69, 9.17) is 4.74 Å². The van der Waals surface area contributed by atoms with E-state index in [1.807, 2.05) is 29.2 Å². The first-order chi connectivity index (χ1) is 14.1. The number of benzene rings is 2. The number of esters is 1. The molecule has 0 spiro atoms. The van der Waals surface area contributed by atoms with Crippen molar-refractivity contribution in [1.82, 2.24) is 4.90 Å². The maximum atomic E-state index is 12.7. The van der Waals surface area contributed by atoms with E-state index in [-0.39, 0.29) is 18.6 Å². The Labute approximate surface area is 175 Å². The van der Waals surface area contributed by atoms with Crippen LogP contribution in [-0.4, -0.2) is 36.0 Å². The molecule has 0 saturated carbocycles. The molecule has 5 nitrogen and oxygen atoms in total. The monoisotopic (exact) mass is 408 g/mol. The molecule has 1 unspecified atom stereocenters. The van der Waals surface area contributed by atoms with Gasteiger partial charge in [0, 0.05) is 22.4 Å². The molecule has 0 aromatic heterocycles. The first-order valence-corrected chi connectivity index (χ1v) is 10.7. The van der Waals surface area contributed by atoms with Crippen molar-refractivity contribution in [2.45, 2.75) is 48.4 Å². The summed E-state index contributed by atoms with van der Waals surface area (Å²) in [5.74, 6) is -0.661. The number of hydrogen-bond donors (Lipinski definition) is 0. The largest absolute Gasteiger partial charge is 0.452 e. The Morgan fingerprint density at radius 1 is 1.14 bits per heavy atom. The van der Waals surface area contributed by atoms with Gasteiger partial charge in [-0.15, -0.1) is 0 Å². The molecule has 29 heavy (non-hydrogen) atoms. The molecule has 2 aromatic rings. The first kappa shape index (κ1) is 20.9. The second kappa shape index (κ2) is 10.1. The van der Waals surface area contributed by atoms with Gasteiger partial charge in [0.15, 0.2) is 6.61 Å². The molecule has 1 fully saturated rings. The van der Waals surface area contributed by atoms with E-state index in [2.05, 4.69) is 13.0 Å². The van der Waals surface area contributed by atoms with Gasteiger partial charge in [-0.05, 0) is 49.9 Å². The fraction of sp³-hybridized carbons (Fsp3) is 0.348. The summed E-state index contributed by atoms with van der Waals surface area (Å²) >= 11 is 1.34. The van der Waals surface area contributed by atoms with Crippen LogP contribution in [0, 0.1) is 11.3 Å². The highest BCUT2D eigenvalue weighted by atomic mass is 32.2. The van der Waals surface area contributed by atoms with Crippen LogP contribution in [0.25, 0.3) is 0 Å². The van der Waals surface area contributed by atoms with Crippen molar-refractivity contribution >= 4 is 23.6 Å². The Morgan fingerprint density at radius 2 is 1.86 bits per heavy atom. The second-order valence-corrected chi connectivity index (χ2v) is 8.01. The predicted molar refractivity (Wildman–Crippen MR) is 112 cm³/mol. The lowest BCUT2D eigenvalue weighted by Gasteiger charge is -2.35. The summed E-state index contributed by atoms with van der Waals surface area (Å²) in [6.07, 6.45) is 4.05. The molecular weight excluding hydrogens is 384 g/mol. The van der Waals surface area contributed by atoms with Gasteiger partial charge in [-0.3, -0.25) is 4.79 Å². The van der Waals surface area contributed by atoms with Gasteiger partial charge in [0.05, 0.1) is 11.1 Å². The number of amides is 1. The molecular formula is C23H24N2O3S. The number of hydrogen-bond acceptors (Lipinski definition) is 5. The number of carbonyl (C=O) groups excluding carboxylic acids is 2. The minimum Gasteiger partial charge on any atom is -0.452 e. The Balaban J connectivity index is 1.69. The van der Waals surface area contributed by atoms with Crippen LogP contribution in [-0.2, 0) is 9.53 Å². The summed E-state index contributed by atoms with van der Waals surface area (Å²) in [6, 6.07) is 16.7. The molecule has 0 aliphatic carbocycles.